The summed E-state index contributed by atoms with van der Waals surface area (Å²) in [6.45, 7) is 10.8. The van der Waals surface area contributed by atoms with E-state index in [9.17, 15) is 4.79 Å². The number of rotatable bonds is 3. The first kappa shape index (κ1) is 18.5. The van der Waals surface area contributed by atoms with Gasteiger partial charge in [0.1, 0.15) is 0 Å². The molecule has 132 valence electrons. The average Bonchev–Trinajstić information content (AvgIpc) is 3.35. The second-order valence-corrected chi connectivity index (χ2v) is 7.36. The van der Waals surface area contributed by atoms with Gasteiger partial charge in [0.15, 0.2) is 0 Å². The van der Waals surface area contributed by atoms with Gasteiger partial charge in [0.25, 0.3) is 0 Å². The lowest BCUT2D eigenvalue weighted by atomic mass is 9.69. The van der Waals surface area contributed by atoms with Gasteiger partial charge in [0.05, 0.1) is 12.5 Å². The number of fused-ring (bicyclic) bond motifs is 9. The molecular weight excluding hydrogens is 284 g/mol. The van der Waals surface area contributed by atoms with Crippen molar-refractivity contribution in [1.29, 1.82) is 0 Å². The lowest BCUT2D eigenvalue weighted by Gasteiger charge is -2.35. The van der Waals surface area contributed by atoms with Crippen LogP contribution in [0.2, 0.25) is 0 Å². The van der Waals surface area contributed by atoms with Crippen LogP contribution in [0, 0.1) is 41.4 Å². The maximum absolute atomic E-state index is 12.0. The van der Waals surface area contributed by atoms with E-state index in [4.69, 9.17) is 4.74 Å². The van der Waals surface area contributed by atoms with E-state index in [0.29, 0.717) is 12.5 Å². The first-order valence-electron chi connectivity index (χ1n) is 10.1. The Morgan fingerprint density at radius 3 is 2.13 bits per heavy atom. The first-order valence-corrected chi connectivity index (χ1v) is 10.1. The fraction of sp³-hybridized carbons (Fsp3) is 0.857. The second-order valence-electron chi connectivity index (χ2n) is 7.36. The summed E-state index contributed by atoms with van der Waals surface area (Å²) in [5, 5.41) is 0. The predicted molar refractivity (Wildman–Crippen MR) is 96.0 cm³/mol. The number of ether oxygens (including phenoxy) is 1. The molecule has 0 aromatic carbocycles. The van der Waals surface area contributed by atoms with Gasteiger partial charge in [-0.15, -0.1) is 0 Å². The zero-order valence-electron chi connectivity index (χ0n) is 15.8. The van der Waals surface area contributed by atoms with E-state index in [1.807, 2.05) is 20.8 Å². The minimum Gasteiger partial charge on any atom is -0.466 e. The van der Waals surface area contributed by atoms with Crippen LogP contribution < -0.4 is 0 Å². The number of hydrogen-bond acceptors (Lipinski definition) is 2. The van der Waals surface area contributed by atoms with Crippen molar-refractivity contribution < 1.29 is 9.53 Å². The summed E-state index contributed by atoms with van der Waals surface area (Å²) < 4.78 is 5.25. The molecule has 23 heavy (non-hydrogen) atoms. The molecule has 0 aromatic heterocycles. The highest BCUT2D eigenvalue weighted by molar-refractivity contribution is 5.73. The van der Waals surface area contributed by atoms with Crippen molar-refractivity contribution in [3.63, 3.8) is 0 Å². The van der Waals surface area contributed by atoms with Gasteiger partial charge in [-0.05, 0) is 61.7 Å². The summed E-state index contributed by atoms with van der Waals surface area (Å²) in [6, 6.07) is 0. The van der Waals surface area contributed by atoms with Gasteiger partial charge in [0, 0.05) is 0 Å². The zero-order valence-corrected chi connectivity index (χ0v) is 15.8. The Labute approximate surface area is 143 Å². The molecule has 0 amide bonds. The van der Waals surface area contributed by atoms with Crippen LogP contribution in [0.1, 0.15) is 66.7 Å². The molecule has 3 fully saturated rings. The highest BCUT2D eigenvalue weighted by Gasteiger charge is 2.62. The van der Waals surface area contributed by atoms with Gasteiger partial charge in [-0.3, -0.25) is 4.79 Å². The molecule has 7 unspecified atom stereocenters. The quantitative estimate of drug-likeness (QED) is 0.391. The van der Waals surface area contributed by atoms with Gasteiger partial charge >= 0.3 is 5.97 Å². The van der Waals surface area contributed by atoms with Crippen LogP contribution in [0.15, 0.2) is 12.2 Å². The molecule has 4 rings (SSSR count). The topological polar surface area (TPSA) is 26.3 Å². The third kappa shape index (κ3) is 3.37. The summed E-state index contributed by atoms with van der Waals surface area (Å²) in [4.78, 5) is 12.0. The van der Waals surface area contributed by atoms with Crippen LogP contribution in [-0.2, 0) is 9.53 Å². The van der Waals surface area contributed by atoms with Gasteiger partial charge < -0.3 is 4.74 Å². The normalized spacial score (nSPS) is 40.8. The van der Waals surface area contributed by atoms with Crippen LogP contribution in [0.25, 0.3) is 0 Å². The third-order valence-corrected chi connectivity index (χ3v) is 6.36. The Morgan fingerprint density at radius 2 is 1.57 bits per heavy atom. The van der Waals surface area contributed by atoms with Crippen molar-refractivity contribution >= 4 is 5.97 Å². The maximum atomic E-state index is 12.0. The molecule has 0 spiro atoms. The molecule has 2 nitrogen and oxygen atoms in total. The van der Waals surface area contributed by atoms with E-state index in [1.54, 1.807) is 0 Å². The predicted octanol–water partition coefficient (Wildman–Crippen LogP) is 5.48. The lowest BCUT2D eigenvalue weighted by molar-refractivity contribution is -0.151. The summed E-state index contributed by atoms with van der Waals surface area (Å²) in [7, 11) is 0. The highest BCUT2D eigenvalue weighted by atomic mass is 16.5. The van der Waals surface area contributed by atoms with E-state index in [2.05, 4.69) is 26.0 Å². The molecule has 2 heteroatoms. The molecule has 0 radical (unpaired) electrons. The van der Waals surface area contributed by atoms with E-state index >= 15 is 0 Å². The Hall–Kier alpha value is -0.790. The Morgan fingerprint density at radius 1 is 0.957 bits per heavy atom. The third-order valence-electron chi connectivity index (χ3n) is 6.36. The smallest absolute Gasteiger partial charge is 0.309 e. The largest absolute Gasteiger partial charge is 0.466 e. The van der Waals surface area contributed by atoms with Crippen molar-refractivity contribution in [2.75, 3.05) is 6.61 Å². The number of carbonyl (C=O) groups is 1. The number of hydrogen-bond donors (Lipinski definition) is 0. The van der Waals surface area contributed by atoms with Crippen molar-refractivity contribution in [2.24, 2.45) is 41.4 Å². The molecule has 3 saturated carbocycles. The van der Waals surface area contributed by atoms with Crippen LogP contribution in [-0.4, -0.2) is 12.6 Å². The number of carbonyl (C=O) groups excluding carboxylic acids is 1. The lowest BCUT2D eigenvalue weighted by Crippen LogP contribution is -2.35. The molecule has 0 aliphatic heterocycles. The highest BCUT2D eigenvalue weighted by Crippen LogP contribution is 2.67. The Balaban J connectivity index is 0.000000283. The minimum atomic E-state index is 0.0882. The number of allylic oxidation sites excluding steroid dienone is 2. The fourth-order valence-corrected chi connectivity index (χ4v) is 5.54. The molecular formula is C21H36O2. The number of esters is 1. The van der Waals surface area contributed by atoms with Gasteiger partial charge in [-0.25, -0.2) is 0 Å². The molecule has 4 aliphatic carbocycles. The molecule has 0 N–H and O–H groups in total. The summed E-state index contributed by atoms with van der Waals surface area (Å²) in [5.41, 5.74) is 0. The fourth-order valence-electron chi connectivity index (χ4n) is 5.54. The van der Waals surface area contributed by atoms with Gasteiger partial charge in [0.2, 0.25) is 0 Å². The van der Waals surface area contributed by atoms with Crippen LogP contribution >= 0.6 is 0 Å². The Kier molecular flexibility index (Phi) is 6.73. The van der Waals surface area contributed by atoms with E-state index in [0.717, 1.165) is 36.0 Å². The Bertz CT molecular complexity index is 412. The average molecular weight is 321 g/mol. The van der Waals surface area contributed by atoms with Crippen molar-refractivity contribution in [3.05, 3.63) is 12.2 Å². The molecule has 4 bridgehead atoms. The van der Waals surface area contributed by atoms with E-state index in [1.165, 1.54) is 25.7 Å². The standard InChI is InChI=1S/C15H20O2.C4H10.C2H6/c1-2-17-15(16)12-7-10-6-11(12)14-9-4-3-8(5-9)13(10)14;1-3-4-2;1-2/h3-4,8-14H,2,5-7H2,1H3;3-4H2,1-2H3;1-2H3. The van der Waals surface area contributed by atoms with Gasteiger partial charge in [-0.2, -0.15) is 0 Å². The second kappa shape index (κ2) is 8.35. The minimum absolute atomic E-state index is 0.0882. The van der Waals surface area contributed by atoms with Crippen LogP contribution in [0.3, 0.4) is 0 Å². The van der Waals surface area contributed by atoms with Gasteiger partial charge in [-0.1, -0.05) is 52.7 Å². The van der Waals surface area contributed by atoms with Crippen LogP contribution in [0.5, 0.6) is 0 Å². The molecule has 0 heterocycles. The molecule has 0 saturated heterocycles. The molecule has 4 aliphatic rings. The molecule has 7 atom stereocenters. The summed E-state index contributed by atoms with van der Waals surface area (Å²) in [6.07, 6.45) is 11.3. The summed E-state index contributed by atoms with van der Waals surface area (Å²) >= 11 is 0. The van der Waals surface area contributed by atoms with Crippen molar-refractivity contribution in [3.8, 4) is 0 Å². The zero-order chi connectivity index (χ0) is 17.0. The van der Waals surface area contributed by atoms with Crippen LogP contribution in [0.4, 0.5) is 0 Å². The number of unbranched alkanes of at least 4 members (excludes halogenated alkanes) is 1. The van der Waals surface area contributed by atoms with E-state index in [-0.39, 0.29) is 11.9 Å². The SMILES string of the molecule is CC.CCCC.CCOC(=O)C1CC2CC1C1C3C=CC(C3)C21. The summed E-state index contributed by atoms with van der Waals surface area (Å²) in [5.74, 6) is 5.15. The monoisotopic (exact) mass is 320 g/mol. The first-order chi connectivity index (χ1) is 11.2. The maximum Gasteiger partial charge on any atom is 0.309 e. The molecule has 0 aromatic rings. The van der Waals surface area contributed by atoms with E-state index < -0.39 is 0 Å². The van der Waals surface area contributed by atoms with Crippen molar-refractivity contribution in [2.45, 2.75) is 66.7 Å². The van der Waals surface area contributed by atoms with Crippen molar-refractivity contribution in [1.82, 2.24) is 0 Å².